The van der Waals surface area contributed by atoms with Crippen molar-refractivity contribution in [2.45, 2.75) is 11.1 Å². The van der Waals surface area contributed by atoms with Crippen molar-refractivity contribution in [3.63, 3.8) is 0 Å². The first-order valence-corrected chi connectivity index (χ1v) is 14.2. The Labute approximate surface area is 246 Å². The fourth-order valence-electron chi connectivity index (χ4n) is 4.39. The lowest BCUT2D eigenvalue weighted by Crippen LogP contribution is -2.16. The highest BCUT2D eigenvalue weighted by atomic mass is 35.5. The van der Waals surface area contributed by atoms with Crippen molar-refractivity contribution in [3.05, 3.63) is 108 Å². The molecule has 0 bridgehead atoms. The highest BCUT2D eigenvalue weighted by molar-refractivity contribution is 7.92. The summed E-state index contributed by atoms with van der Waals surface area (Å²) >= 11 is 5.67. The van der Waals surface area contributed by atoms with Gasteiger partial charge in [-0.1, -0.05) is 54.1 Å². The van der Waals surface area contributed by atoms with Gasteiger partial charge in [0.05, 0.1) is 16.8 Å². The van der Waals surface area contributed by atoms with Crippen molar-refractivity contribution in [2.24, 2.45) is 0 Å². The van der Waals surface area contributed by atoms with Crippen LogP contribution in [0.15, 0.2) is 96.0 Å². The van der Waals surface area contributed by atoms with Gasteiger partial charge in [-0.05, 0) is 53.2 Å². The van der Waals surface area contributed by atoms with Gasteiger partial charge in [0.15, 0.2) is 22.3 Å². The highest BCUT2D eigenvalue weighted by Gasteiger charge is 2.36. The average molecular weight is 624 g/mol. The first-order valence-electron chi connectivity index (χ1n) is 12.4. The molecule has 0 aliphatic carbocycles. The van der Waals surface area contributed by atoms with E-state index in [0.717, 1.165) is 17.6 Å². The predicted octanol–water partition coefficient (Wildman–Crippen LogP) is 6.06. The summed E-state index contributed by atoms with van der Waals surface area (Å²) in [4.78, 5) is 17.5. The summed E-state index contributed by atoms with van der Waals surface area (Å²) in [6.45, 7) is 0. The minimum absolute atomic E-state index is 0.0126. The summed E-state index contributed by atoms with van der Waals surface area (Å²) in [6, 6.07) is 21.1. The van der Waals surface area contributed by atoms with Crippen LogP contribution in [-0.4, -0.2) is 39.1 Å². The van der Waals surface area contributed by atoms with Crippen LogP contribution in [0.5, 0.6) is 0 Å². The lowest BCUT2D eigenvalue weighted by Gasteiger charge is -2.13. The quantitative estimate of drug-likeness (QED) is 0.230. The van der Waals surface area contributed by atoms with Crippen LogP contribution in [0.3, 0.4) is 0 Å². The number of sulfonamides is 1. The molecule has 216 valence electrons. The molecule has 0 saturated heterocycles. The SMILES string of the molecule is O=C(Nc1ccc(S(=O)(=O)Nc2ccc(Cl)nn2)cc1)c1cnn2c(C(F)(F)F)cc(-c3cccc4ccccc34)nc12. The molecule has 0 fully saturated rings. The number of fused-ring (bicyclic) bond motifs is 2. The number of carbonyl (C=O) groups is 1. The van der Waals surface area contributed by atoms with Crippen LogP contribution in [0.4, 0.5) is 24.7 Å². The Kier molecular flexibility index (Phi) is 6.94. The minimum Gasteiger partial charge on any atom is -0.322 e. The summed E-state index contributed by atoms with van der Waals surface area (Å²) in [5.41, 5.74) is -0.981. The normalized spacial score (nSPS) is 12.0. The Morgan fingerprint density at radius 3 is 2.37 bits per heavy atom. The van der Waals surface area contributed by atoms with Crippen LogP contribution in [-0.2, 0) is 16.2 Å². The van der Waals surface area contributed by atoms with Gasteiger partial charge in [-0.3, -0.25) is 9.52 Å². The van der Waals surface area contributed by atoms with Gasteiger partial charge >= 0.3 is 6.18 Å². The molecule has 0 unspecified atom stereocenters. The highest BCUT2D eigenvalue weighted by Crippen LogP contribution is 2.35. The van der Waals surface area contributed by atoms with Gasteiger partial charge in [0, 0.05) is 11.3 Å². The van der Waals surface area contributed by atoms with Crippen LogP contribution in [0.1, 0.15) is 16.1 Å². The third-order valence-corrected chi connectivity index (χ3v) is 7.94. The van der Waals surface area contributed by atoms with E-state index in [4.69, 9.17) is 11.6 Å². The third-order valence-electron chi connectivity index (χ3n) is 6.37. The van der Waals surface area contributed by atoms with Crippen LogP contribution in [0.25, 0.3) is 27.7 Å². The summed E-state index contributed by atoms with van der Waals surface area (Å²) in [5, 5.41) is 15.2. The summed E-state index contributed by atoms with van der Waals surface area (Å²) in [5.74, 6) is -0.848. The van der Waals surface area contributed by atoms with Gasteiger partial charge in [-0.15, -0.1) is 10.2 Å². The Hall–Kier alpha value is -5.08. The van der Waals surface area contributed by atoms with Crippen LogP contribution in [0, 0.1) is 0 Å². The third kappa shape index (κ3) is 5.57. The Bertz CT molecular complexity index is 2110. The van der Waals surface area contributed by atoms with Crippen LogP contribution in [0.2, 0.25) is 5.15 Å². The van der Waals surface area contributed by atoms with Crippen molar-refractivity contribution in [2.75, 3.05) is 10.0 Å². The van der Waals surface area contributed by atoms with Crippen molar-refractivity contribution in [3.8, 4) is 11.3 Å². The Morgan fingerprint density at radius 1 is 0.907 bits per heavy atom. The molecule has 10 nitrogen and oxygen atoms in total. The fraction of sp³-hybridized carbons (Fsp3) is 0.0357. The zero-order valence-corrected chi connectivity index (χ0v) is 23.1. The molecule has 1 amide bonds. The largest absolute Gasteiger partial charge is 0.433 e. The Balaban J connectivity index is 1.32. The average Bonchev–Trinajstić information content (AvgIpc) is 3.41. The molecule has 0 atom stereocenters. The molecule has 0 aliphatic heterocycles. The van der Waals surface area contributed by atoms with E-state index in [0.29, 0.717) is 15.5 Å². The number of amides is 1. The van der Waals surface area contributed by atoms with E-state index >= 15 is 0 Å². The molecule has 0 saturated carbocycles. The lowest BCUT2D eigenvalue weighted by atomic mass is 10.0. The molecule has 2 N–H and O–H groups in total. The first kappa shape index (κ1) is 28.1. The van der Waals surface area contributed by atoms with Crippen LogP contribution >= 0.6 is 11.6 Å². The first-order chi connectivity index (χ1) is 20.5. The maximum atomic E-state index is 14.1. The molecule has 0 aliphatic rings. The molecule has 3 aromatic carbocycles. The second kappa shape index (κ2) is 10.6. The number of anilines is 2. The number of rotatable bonds is 6. The standard InChI is InChI=1S/C28H17ClF3N7O3S/c29-24-12-13-25(37-36-24)38-43(41,42)18-10-8-17(9-11-18)34-27(40)21-15-33-39-23(28(30,31)32)14-22(35-26(21)39)20-7-3-5-16-4-1-2-6-19(16)20/h1-15H,(H,34,40)(H,37,38). The number of nitrogens with one attached hydrogen (secondary N) is 2. The van der Waals surface area contributed by atoms with Gasteiger partial charge in [-0.2, -0.15) is 18.3 Å². The van der Waals surface area contributed by atoms with Gasteiger partial charge in [0.2, 0.25) is 0 Å². The molecule has 0 spiro atoms. The van der Waals surface area contributed by atoms with Crippen molar-refractivity contribution in [1.29, 1.82) is 0 Å². The van der Waals surface area contributed by atoms with Crippen LogP contribution < -0.4 is 10.0 Å². The second-order valence-electron chi connectivity index (χ2n) is 9.17. The number of nitrogens with zero attached hydrogens (tertiary/aromatic N) is 5. The van der Waals surface area contributed by atoms with E-state index in [9.17, 15) is 26.4 Å². The van der Waals surface area contributed by atoms with Gasteiger partial charge < -0.3 is 5.32 Å². The molecule has 3 heterocycles. The zero-order chi connectivity index (χ0) is 30.4. The molecule has 3 aromatic heterocycles. The minimum atomic E-state index is -4.80. The number of halogens is 4. The maximum Gasteiger partial charge on any atom is 0.433 e. The second-order valence-corrected chi connectivity index (χ2v) is 11.2. The maximum absolute atomic E-state index is 14.1. The zero-order valence-electron chi connectivity index (χ0n) is 21.5. The number of hydrogen-bond acceptors (Lipinski definition) is 7. The van der Waals surface area contributed by atoms with E-state index in [1.165, 1.54) is 36.4 Å². The van der Waals surface area contributed by atoms with E-state index in [2.05, 4.69) is 30.3 Å². The van der Waals surface area contributed by atoms with Gasteiger partial charge in [-0.25, -0.2) is 17.9 Å². The van der Waals surface area contributed by atoms with E-state index in [1.807, 2.05) is 18.2 Å². The fourth-order valence-corrected chi connectivity index (χ4v) is 5.49. The number of benzene rings is 3. The number of carbonyl (C=O) groups excluding carboxylic acids is 1. The molecule has 43 heavy (non-hydrogen) atoms. The molecule has 6 aromatic rings. The smallest absolute Gasteiger partial charge is 0.322 e. The molecular weight excluding hydrogens is 607 g/mol. The summed E-state index contributed by atoms with van der Waals surface area (Å²) in [7, 11) is -4.05. The summed E-state index contributed by atoms with van der Waals surface area (Å²) in [6.07, 6.45) is -3.80. The number of aromatic nitrogens is 5. The monoisotopic (exact) mass is 623 g/mol. The topological polar surface area (TPSA) is 131 Å². The predicted molar refractivity (Wildman–Crippen MR) is 153 cm³/mol. The van der Waals surface area contributed by atoms with Gasteiger partial charge in [0.1, 0.15) is 5.56 Å². The number of alkyl halides is 3. The van der Waals surface area contributed by atoms with Crippen molar-refractivity contribution >= 4 is 55.5 Å². The summed E-state index contributed by atoms with van der Waals surface area (Å²) < 4.78 is 70.6. The van der Waals surface area contributed by atoms with Gasteiger partial charge in [0.25, 0.3) is 15.9 Å². The Morgan fingerprint density at radius 2 is 1.65 bits per heavy atom. The molecule has 6 rings (SSSR count). The lowest BCUT2D eigenvalue weighted by molar-refractivity contribution is -0.142. The molecule has 0 radical (unpaired) electrons. The van der Waals surface area contributed by atoms with E-state index < -0.39 is 27.8 Å². The molecule has 15 heteroatoms. The molecular formula is C28H17ClF3N7O3S. The van der Waals surface area contributed by atoms with Crippen molar-refractivity contribution in [1.82, 2.24) is 24.8 Å². The van der Waals surface area contributed by atoms with E-state index in [1.54, 1.807) is 24.3 Å². The van der Waals surface area contributed by atoms with E-state index in [-0.39, 0.29) is 38.5 Å². The number of hydrogen-bond donors (Lipinski definition) is 2. The van der Waals surface area contributed by atoms with Crippen molar-refractivity contribution < 1.29 is 26.4 Å².